The summed E-state index contributed by atoms with van der Waals surface area (Å²) in [6, 6.07) is 0. The predicted molar refractivity (Wildman–Crippen MR) is 56.7 cm³/mol. The summed E-state index contributed by atoms with van der Waals surface area (Å²) in [6.45, 7) is 6.62. The largest absolute Gasteiger partial charge is 0.393 e. The standard InChI is InChI=1S/C12H24O/c1-12(2,3)9-11(13)10-7-5-4-6-8-10/h10-11,13H,4-9H2,1-3H3. The van der Waals surface area contributed by atoms with E-state index in [1.54, 1.807) is 0 Å². The van der Waals surface area contributed by atoms with Crippen molar-refractivity contribution in [2.24, 2.45) is 11.3 Å². The third-order valence-corrected chi connectivity index (χ3v) is 3.02. The first-order valence-corrected chi connectivity index (χ1v) is 5.67. The maximum absolute atomic E-state index is 10.0. The minimum atomic E-state index is -0.0553. The zero-order chi connectivity index (χ0) is 9.90. The molecule has 1 saturated carbocycles. The normalized spacial score (nSPS) is 23.1. The molecule has 1 rings (SSSR count). The zero-order valence-corrected chi connectivity index (χ0v) is 9.34. The lowest BCUT2D eigenvalue weighted by molar-refractivity contribution is 0.0489. The van der Waals surface area contributed by atoms with Crippen LogP contribution in [0.4, 0.5) is 0 Å². The van der Waals surface area contributed by atoms with Gasteiger partial charge in [-0.2, -0.15) is 0 Å². The molecule has 78 valence electrons. The fourth-order valence-corrected chi connectivity index (χ4v) is 2.31. The van der Waals surface area contributed by atoms with Crippen molar-refractivity contribution in [1.82, 2.24) is 0 Å². The highest BCUT2D eigenvalue weighted by molar-refractivity contribution is 4.77. The molecule has 0 aromatic heterocycles. The molecule has 1 unspecified atom stereocenters. The minimum absolute atomic E-state index is 0.0553. The zero-order valence-electron chi connectivity index (χ0n) is 9.34. The first kappa shape index (κ1) is 11.0. The SMILES string of the molecule is CC(C)(C)CC(O)C1CCCCC1. The van der Waals surface area contributed by atoms with Crippen LogP contribution in [0.2, 0.25) is 0 Å². The van der Waals surface area contributed by atoms with Gasteiger partial charge in [-0.05, 0) is 30.6 Å². The fraction of sp³-hybridized carbons (Fsp3) is 1.00. The maximum Gasteiger partial charge on any atom is 0.0573 e. The number of aliphatic hydroxyl groups excluding tert-OH is 1. The number of hydrogen-bond acceptors (Lipinski definition) is 1. The molecule has 1 heteroatoms. The topological polar surface area (TPSA) is 20.2 Å². The van der Waals surface area contributed by atoms with E-state index in [9.17, 15) is 5.11 Å². The molecule has 0 saturated heterocycles. The summed E-state index contributed by atoms with van der Waals surface area (Å²) in [6.07, 6.45) is 7.42. The van der Waals surface area contributed by atoms with E-state index >= 15 is 0 Å². The van der Waals surface area contributed by atoms with Crippen LogP contribution in [0.1, 0.15) is 59.3 Å². The fourth-order valence-electron chi connectivity index (χ4n) is 2.31. The Balaban J connectivity index is 2.33. The van der Waals surface area contributed by atoms with Crippen LogP contribution >= 0.6 is 0 Å². The molecule has 1 aliphatic carbocycles. The Morgan fingerprint density at radius 3 is 2.15 bits per heavy atom. The average Bonchev–Trinajstić information content (AvgIpc) is 2.03. The molecule has 0 spiro atoms. The Morgan fingerprint density at radius 2 is 1.69 bits per heavy atom. The van der Waals surface area contributed by atoms with Gasteiger partial charge in [-0.15, -0.1) is 0 Å². The Bertz CT molecular complexity index is 140. The van der Waals surface area contributed by atoms with Gasteiger partial charge in [-0.1, -0.05) is 40.0 Å². The van der Waals surface area contributed by atoms with E-state index in [-0.39, 0.29) is 11.5 Å². The second kappa shape index (κ2) is 4.45. The highest BCUT2D eigenvalue weighted by Crippen LogP contribution is 2.32. The predicted octanol–water partition coefficient (Wildman–Crippen LogP) is 3.36. The third kappa shape index (κ3) is 4.12. The second-order valence-corrected chi connectivity index (χ2v) is 5.73. The van der Waals surface area contributed by atoms with Crippen molar-refractivity contribution in [3.05, 3.63) is 0 Å². The highest BCUT2D eigenvalue weighted by Gasteiger charge is 2.25. The minimum Gasteiger partial charge on any atom is -0.393 e. The summed E-state index contributed by atoms with van der Waals surface area (Å²) in [7, 11) is 0. The van der Waals surface area contributed by atoms with E-state index in [1.807, 2.05) is 0 Å². The lowest BCUT2D eigenvalue weighted by Crippen LogP contribution is -2.27. The number of rotatable bonds is 2. The molecule has 1 aliphatic rings. The first-order chi connectivity index (χ1) is 5.99. The summed E-state index contributed by atoms with van der Waals surface area (Å²) in [4.78, 5) is 0. The highest BCUT2D eigenvalue weighted by atomic mass is 16.3. The summed E-state index contributed by atoms with van der Waals surface area (Å²) < 4.78 is 0. The second-order valence-electron chi connectivity index (χ2n) is 5.73. The van der Waals surface area contributed by atoms with Gasteiger partial charge in [0.1, 0.15) is 0 Å². The van der Waals surface area contributed by atoms with Crippen molar-refractivity contribution in [2.45, 2.75) is 65.4 Å². The van der Waals surface area contributed by atoms with Crippen LogP contribution in [0, 0.1) is 11.3 Å². The molecule has 13 heavy (non-hydrogen) atoms. The molecule has 1 nitrogen and oxygen atoms in total. The van der Waals surface area contributed by atoms with E-state index in [1.165, 1.54) is 32.1 Å². The van der Waals surface area contributed by atoms with Crippen LogP contribution in [0.5, 0.6) is 0 Å². The Hall–Kier alpha value is -0.0400. The van der Waals surface area contributed by atoms with E-state index in [4.69, 9.17) is 0 Å². The van der Waals surface area contributed by atoms with Crippen LogP contribution in [0.25, 0.3) is 0 Å². The molecule has 0 amide bonds. The monoisotopic (exact) mass is 184 g/mol. The van der Waals surface area contributed by atoms with Crippen LogP contribution in [-0.2, 0) is 0 Å². The van der Waals surface area contributed by atoms with Gasteiger partial charge >= 0.3 is 0 Å². The molecule has 1 atom stereocenters. The summed E-state index contributed by atoms with van der Waals surface area (Å²) in [5, 5.41) is 10.0. The Morgan fingerprint density at radius 1 is 1.15 bits per heavy atom. The molecule has 1 fully saturated rings. The lowest BCUT2D eigenvalue weighted by Gasteiger charge is -2.31. The van der Waals surface area contributed by atoms with Crippen LogP contribution in [-0.4, -0.2) is 11.2 Å². The van der Waals surface area contributed by atoms with Crippen LogP contribution in [0.3, 0.4) is 0 Å². The van der Waals surface area contributed by atoms with E-state index in [0.29, 0.717) is 5.92 Å². The molecule has 0 aromatic rings. The molecule has 0 aromatic carbocycles. The Labute approximate surface area is 82.5 Å². The van der Waals surface area contributed by atoms with Crippen molar-refractivity contribution >= 4 is 0 Å². The summed E-state index contributed by atoms with van der Waals surface area (Å²) >= 11 is 0. The van der Waals surface area contributed by atoms with Gasteiger partial charge in [0.15, 0.2) is 0 Å². The van der Waals surface area contributed by atoms with Crippen molar-refractivity contribution < 1.29 is 5.11 Å². The first-order valence-electron chi connectivity index (χ1n) is 5.67. The Kier molecular flexibility index (Phi) is 3.78. The van der Waals surface area contributed by atoms with E-state index in [2.05, 4.69) is 20.8 Å². The molecular weight excluding hydrogens is 160 g/mol. The van der Waals surface area contributed by atoms with Gasteiger partial charge in [0.2, 0.25) is 0 Å². The number of aliphatic hydroxyl groups is 1. The average molecular weight is 184 g/mol. The molecule has 0 aliphatic heterocycles. The van der Waals surface area contributed by atoms with Crippen molar-refractivity contribution in [2.75, 3.05) is 0 Å². The van der Waals surface area contributed by atoms with Crippen molar-refractivity contribution in [3.63, 3.8) is 0 Å². The van der Waals surface area contributed by atoms with Crippen molar-refractivity contribution in [3.8, 4) is 0 Å². The van der Waals surface area contributed by atoms with Gasteiger partial charge in [0.25, 0.3) is 0 Å². The smallest absolute Gasteiger partial charge is 0.0573 e. The van der Waals surface area contributed by atoms with Crippen LogP contribution < -0.4 is 0 Å². The van der Waals surface area contributed by atoms with E-state index < -0.39 is 0 Å². The van der Waals surface area contributed by atoms with Crippen LogP contribution in [0.15, 0.2) is 0 Å². The van der Waals surface area contributed by atoms with Gasteiger partial charge in [0.05, 0.1) is 6.10 Å². The molecule has 0 heterocycles. The lowest BCUT2D eigenvalue weighted by atomic mass is 9.79. The van der Waals surface area contributed by atoms with Gasteiger partial charge in [0, 0.05) is 0 Å². The van der Waals surface area contributed by atoms with Gasteiger partial charge in [-0.25, -0.2) is 0 Å². The number of hydrogen-bond donors (Lipinski definition) is 1. The molecule has 1 N–H and O–H groups in total. The quantitative estimate of drug-likeness (QED) is 0.697. The summed E-state index contributed by atoms with van der Waals surface area (Å²) in [5.74, 6) is 0.591. The van der Waals surface area contributed by atoms with E-state index in [0.717, 1.165) is 6.42 Å². The third-order valence-electron chi connectivity index (χ3n) is 3.02. The summed E-state index contributed by atoms with van der Waals surface area (Å²) in [5.41, 5.74) is 0.275. The maximum atomic E-state index is 10.0. The molecule has 0 bridgehead atoms. The van der Waals surface area contributed by atoms with Crippen molar-refractivity contribution in [1.29, 1.82) is 0 Å². The molecular formula is C12H24O. The van der Waals surface area contributed by atoms with Gasteiger partial charge < -0.3 is 5.11 Å². The van der Waals surface area contributed by atoms with Gasteiger partial charge in [-0.3, -0.25) is 0 Å². The molecule has 0 radical (unpaired) electrons.